The lowest BCUT2D eigenvalue weighted by Crippen LogP contribution is -2.21. The number of carbonyl (C=O) groups excluding carboxylic acids is 1. The third-order valence-electron chi connectivity index (χ3n) is 1.80. The van der Waals surface area contributed by atoms with Crippen molar-refractivity contribution in [2.75, 3.05) is 20.7 Å². The van der Waals surface area contributed by atoms with E-state index in [9.17, 15) is 4.79 Å². The molecule has 0 N–H and O–H groups in total. The Balaban J connectivity index is 2.81. The molecule has 3 nitrogen and oxygen atoms in total. The van der Waals surface area contributed by atoms with Gasteiger partial charge in [-0.2, -0.15) is 0 Å². The summed E-state index contributed by atoms with van der Waals surface area (Å²) in [5.74, 6) is 0.571. The summed E-state index contributed by atoms with van der Waals surface area (Å²) < 4.78 is 5.26. The Labute approximate surface area is 73.0 Å². The maximum Gasteiger partial charge on any atom is 0.207 e. The molecule has 1 heterocycles. The summed E-state index contributed by atoms with van der Waals surface area (Å²) in [6, 6.07) is 0. The Bertz CT molecular complexity index is 229. The molecule has 1 aliphatic rings. The lowest BCUT2D eigenvalue weighted by Gasteiger charge is -2.09. The lowest BCUT2D eigenvalue weighted by molar-refractivity contribution is -0.121. The van der Waals surface area contributed by atoms with Crippen molar-refractivity contribution in [1.82, 2.24) is 4.90 Å². The highest BCUT2D eigenvalue weighted by Crippen LogP contribution is 2.29. The maximum atomic E-state index is 11.5. The van der Waals surface area contributed by atoms with Crippen molar-refractivity contribution < 1.29 is 9.53 Å². The van der Waals surface area contributed by atoms with E-state index in [1.54, 1.807) is 6.20 Å². The maximum absolute atomic E-state index is 11.5. The molecule has 0 spiro atoms. The van der Waals surface area contributed by atoms with Crippen LogP contribution in [0.3, 0.4) is 0 Å². The lowest BCUT2D eigenvalue weighted by atomic mass is 9.91. The minimum absolute atomic E-state index is 0.0937. The highest BCUT2D eigenvalue weighted by molar-refractivity contribution is 5.99. The van der Waals surface area contributed by atoms with Crippen LogP contribution in [-0.4, -0.2) is 31.4 Å². The van der Waals surface area contributed by atoms with E-state index in [0.717, 1.165) is 0 Å². The smallest absolute Gasteiger partial charge is 0.207 e. The number of rotatable bonds is 1. The SMILES string of the molecule is CN(C)/C=C1\OCC(C)(C)C1=O. The average Bonchev–Trinajstić information content (AvgIpc) is 2.15. The van der Waals surface area contributed by atoms with Crippen molar-refractivity contribution >= 4 is 5.78 Å². The van der Waals surface area contributed by atoms with Crippen LogP contribution < -0.4 is 0 Å². The average molecular weight is 169 g/mol. The van der Waals surface area contributed by atoms with Crippen molar-refractivity contribution in [2.45, 2.75) is 13.8 Å². The summed E-state index contributed by atoms with van der Waals surface area (Å²) in [6.07, 6.45) is 1.72. The third kappa shape index (κ3) is 1.60. The molecule has 0 saturated carbocycles. The van der Waals surface area contributed by atoms with Crippen molar-refractivity contribution in [3.05, 3.63) is 12.0 Å². The van der Waals surface area contributed by atoms with E-state index in [-0.39, 0.29) is 11.2 Å². The predicted octanol–water partition coefficient (Wildman–Crippen LogP) is 1.01. The number of hydrogen-bond acceptors (Lipinski definition) is 3. The molecule has 0 radical (unpaired) electrons. The summed E-state index contributed by atoms with van der Waals surface area (Å²) in [7, 11) is 3.74. The fourth-order valence-electron chi connectivity index (χ4n) is 1.05. The number of Topliss-reactive ketones (excluding diaryl/α,β-unsaturated/α-hetero) is 1. The molecule has 0 atom stereocenters. The summed E-state index contributed by atoms with van der Waals surface area (Å²) in [5.41, 5.74) is -0.345. The first kappa shape index (κ1) is 9.10. The topological polar surface area (TPSA) is 29.5 Å². The third-order valence-corrected chi connectivity index (χ3v) is 1.80. The molecule has 1 saturated heterocycles. The highest BCUT2D eigenvalue weighted by Gasteiger charge is 2.38. The van der Waals surface area contributed by atoms with Crippen LogP contribution in [0.5, 0.6) is 0 Å². The van der Waals surface area contributed by atoms with E-state index in [1.165, 1.54) is 0 Å². The number of ether oxygens (including phenoxy) is 1. The van der Waals surface area contributed by atoms with Crippen LogP contribution in [0.1, 0.15) is 13.8 Å². The van der Waals surface area contributed by atoms with E-state index < -0.39 is 0 Å². The fourth-order valence-corrected chi connectivity index (χ4v) is 1.05. The second-order valence-electron chi connectivity index (χ2n) is 3.96. The van der Waals surface area contributed by atoms with Gasteiger partial charge in [0.2, 0.25) is 5.78 Å². The monoisotopic (exact) mass is 169 g/mol. The fraction of sp³-hybridized carbons (Fsp3) is 0.667. The Kier molecular flexibility index (Phi) is 2.13. The van der Waals surface area contributed by atoms with Crippen LogP contribution in [0.4, 0.5) is 0 Å². The number of nitrogens with zero attached hydrogens (tertiary/aromatic N) is 1. The normalized spacial score (nSPS) is 24.3. The molecular formula is C9H15NO2. The quantitative estimate of drug-likeness (QED) is 0.549. The number of carbonyl (C=O) groups is 1. The van der Waals surface area contributed by atoms with E-state index >= 15 is 0 Å². The van der Waals surface area contributed by atoms with Crippen LogP contribution in [0.25, 0.3) is 0 Å². The Morgan fingerprint density at radius 1 is 1.50 bits per heavy atom. The molecule has 0 bridgehead atoms. The van der Waals surface area contributed by atoms with Gasteiger partial charge >= 0.3 is 0 Å². The van der Waals surface area contributed by atoms with E-state index in [0.29, 0.717) is 12.4 Å². The summed E-state index contributed by atoms with van der Waals surface area (Å²) >= 11 is 0. The standard InChI is InChI=1S/C9H15NO2/c1-9(2)6-12-7(8(9)11)5-10(3)4/h5H,6H2,1-4H3/b7-5-. The van der Waals surface area contributed by atoms with Gasteiger partial charge in [-0.3, -0.25) is 4.79 Å². The van der Waals surface area contributed by atoms with Crippen LogP contribution in [-0.2, 0) is 9.53 Å². The van der Waals surface area contributed by atoms with Crippen molar-refractivity contribution in [2.24, 2.45) is 5.41 Å². The molecular weight excluding hydrogens is 154 g/mol. The zero-order chi connectivity index (χ0) is 9.35. The van der Waals surface area contributed by atoms with Gasteiger partial charge in [0.1, 0.15) is 6.61 Å². The zero-order valence-corrected chi connectivity index (χ0v) is 8.05. The van der Waals surface area contributed by atoms with Gasteiger partial charge in [0.15, 0.2) is 5.76 Å². The van der Waals surface area contributed by atoms with Crippen molar-refractivity contribution in [3.8, 4) is 0 Å². The molecule has 0 aromatic carbocycles. The van der Waals surface area contributed by atoms with Gasteiger partial charge in [0, 0.05) is 20.3 Å². The number of ketones is 1. The second kappa shape index (κ2) is 2.81. The molecule has 68 valence electrons. The Morgan fingerprint density at radius 3 is 2.42 bits per heavy atom. The second-order valence-corrected chi connectivity index (χ2v) is 3.96. The number of allylic oxidation sites excluding steroid dienone is 1. The van der Waals surface area contributed by atoms with Crippen LogP contribution >= 0.6 is 0 Å². The minimum Gasteiger partial charge on any atom is -0.487 e. The minimum atomic E-state index is -0.345. The van der Waals surface area contributed by atoms with Crippen LogP contribution in [0, 0.1) is 5.41 Å². The Hall–Kier alpha value is -0.990. The van der Waals surface area contributed by atoms with Gasteiger partial charge in [0.05, 0.1) is 5.41 Å². The number of hydrogen-bond donors (Lipinski definition) is 0. The van der Waals surface area contributed by atoms with E-state index in [4.69, 9.17) is 4.74 Å². The van der Waals surface area contributed by atoms with E-state index in [2.05, 4.69) is 0 Å². The molecule has 1 fully saturated rings. The first-order chi connectivity index (χ1) is 5.43. The summed E-state index contributed by atoms with van der Waals surface area (Å²) in [5, 5.41) is 0. The molecule has 0 aliphatic carbocycles. The molecule has 0 aromatic rings. The molecule has 1 rings (SSSR count). The Morgan fingerprint density at radius 2 is 2.08 bits per heavy atom. The van der Waals surface area contributed by atoms with Crippen LogP contribution in [0.2, 0.25) is 0 Å². The zero-order valence-electron chi connectivity index (χ0n) is 8.05. The summed E-state index contributed by atoms with van der Waals surface area (Å²) in [4.78, 5) is 13.4. The predicted molar refractivity (Wildman–Crippen MR) is 46.5 cm³/mol. The van der Waals surface area contributed by atoms with Gasteiger partial charge in [0.25, 0.3) is 0 Å². The molecule has 1 aliphatic heterocycles. The molecule has 0 aromatic heterocycles. The first-order valence-corrected chi connectivity index (χ1v) is 3.99. The van der Waals surface area contributed by atoms with Gasteiger partial charge in [-0.15, -0.1) is 0 Å². The highest BCUT2D eigenvalue weighted by atomic mass is 16.5. The van der Waals surface area contributed by atoms with Crippen molar-refractivity contribution in [3.63, 3.8) is 0 Å². The van der Waals surface area contributed by atoms with Gasteiger partial charge in [-0.25, -0.2) is 0 Å². The van der Waals surface area contributed by atoms with Crippen molar-refractivity contribution in [1.29, 1.82) is 0 Å². The van der Waals surface area contributed by atoms with Gasteiger partial charge < -0.3 is 9.64 Å². The van der Waals surface area contributed by atoms with Gasteiger partial charge in [-0.05, 0) is 13.8 Å². The summed E-state index contributed by atoms with van der Waals surface area (Å²) in [6.45, 7) is 4.28. The molecule has 0 amide bonds. The first-order valence-electron chi connectivity index (χ1n) is 3.99. The van der Waals surface area contributed by atoms with Crippen LogP contribution in [0.15, 0.2) is 12.0 Å². The van der Waals surface area contributed by atoms with E-state index in [1.807, 2.05) is 32.8 Å². The molecule has 12 heavy (non-hydrogen) atoms. The largest absolute Gasteiger partial charge is 0.487 e. The molecule has 3 heteroatoms. The van der Waals surface area contributed by atoms with Gasteiger partial charge in [-0.1, -0.05) is 0 Å². The molecule has 0 unspecified atom stereocenters.